The highest BCUT2D eigenvalue weighted by molar-refractivity contribution is 7.90. The van der Waals surface area contributed by atoms with Gasteiger partial charge in [0.25, 0.3) is 18.2 Å². The average Bonchev–Trinajstić information content (AvgIpc) is 1.63. The first-order valence-corrected chi connectivity index (χ1v) is 32.8. The van der Waals surface area contributed by atoms with Crippen LogP contribution >= 0.6 is 23.9 Å². The Hall–Kier alpha value is -7.63. The monoisotopic (exact) mass is 1380 g/mol. The number of amides is 7. The Balaban J connectivity index is 0.918. The SMILES string of the molecule is COC1(c2ccc(Cl)cc2)CCN(c2ccc(N3CCN(c4ccc(C(=O)N[C@H]5C[C@H](O)CNC(=O)[C@@H]6[C@@H](O)[C@H](C)CN6C(=O)[C@H]([C@H](O)CCN)NC(=O)[C@H]([C@H](O)Cc6ccc(O)c(OSOOO)c6)NC(=O)[C@@H]6C[C@H](O)CN6C(=O)[C@H]([C@H](C)O)NC5=O)cc4)CC3)cc2)CC1. The number of methoxy groups -OCH3 is 1. The summed E-state index contributed by atoms with van der Waals surface area (Å²) in [5.41, 5.74) is 9.77. The van der Waals surface area contributed by atoms with Gasteiger partial charge in [0, 0.05) is 119 Å². The van der Waals surface area contributed by atoms with Crippen LogP contribution in [0, 0.1) is 5.92 Å². The number of fused-ring (bicyclic) bond motifs is 2. The molecule has 9 rings (SSSR count). The molecule has 5 fully saturated rings. The number of hydrogen-bond acceptors (Lipinski definition) is 24. The van der Waals surface area contributed by atoms with Gasteiger partial charge in [-0.25, -0.2) is 5.26 Å². The van der Waals surface area contributed by atoms with E-state index in [1.807, 2.05) is 24.3 Å². The van der Waals surface area contributed by atoms with Crippen molar-refractivity contribution in [1.29, 1.82) is 0 Å². The number of phenolic OH excluding ortho intramolecular Hbond substituents is 1. The number of aliphatic hydroxyl groups is 6. The van der Waals surface area contributed by atoms with Crippen LogP contribution in [0.4, 0.5) is 17.1 Å². The van der Waals surface area contributed by atoms with E-state index in [1.54, 1.807) is 31.4 Å². The Morgan fingerprint density at radius 3 is 1.90 bits per heavy atom. The summed E-state index contributed by atoms with van der Waals surface area (Å²) in [5, 5.41) is 104. The summed E-state index contributed by atoms with van der Waals surface area (Å²) in [4.78, 5) is 110. The van der Waals surface area contributed by atoms with E-state index in [9.17, 15) is 69.3 Å². The van der Waals surface area contributed by atoms with Crippen molar-refractivity contribution < 1.29 is 92.9 Å². The largest absolute Gasteiger partial charge is 0.504 e. The minimum atomic E-state index is -2.10. The Morgan fingerprint density at radius 1 is 0.719 bits per heavy atom. The van der Waals surface area contributed by atoms with Crippen molar-refractivity contribution in [2.45, 2.75) is 131 Å². The Labute approximate surface area is 563 Å². The van der Waals surface area contributed by atoms with Crippen LogP contribution in [-0.4, -0.2) is 238 Å². The second-order valence-corrected chi connectivity index (χ2v) is 25.8. The third-order valence-electron chi connectivity index (χ3n) is 18.5. The van der Waals surface area contributed by atoms with Gasteiger partial charge in [-0.05, 0) is 117 Å². The molecule has 15 N–H and O–H groups in total. The molecule has 30 nitrogen and oxygen atoms in total. The lowest BCUT2D eigenvalue weighted by molar-refractivity contribution is -0.433. The minimum absolute atomic E-state index is 0.0841. The standard InChI is InChI=1S/C64H84ClN11O19S/c1-35-33-76-55(56(35)83)61(88)67-32-44(78)30-46(68-57(84)38-5-11-41(12-6-38)73-24-26-74(27-25-73)43-15-13-42(14-16-43)72-22-19-64(92-3,20-23-72)39-7-9-40(65)10-8-39)58(85)69-52(36(2)77)62(89)75-34-45(79)31-47(75)59(86)70-53(60(87)71-54(63(76)90)49(81)18-21-66)50(82)28-37-4-17-48(80)51(29-37)93-96-95-94-91/h4-17,29,35-36,44-47,49-50,52-56,77-83,91H,18-28,30-34,66H2,1-3H3,(H,67,88)(H,68,84)(H,69,85)(H,70,86)(H,71,87)/t35-,36+,44+,45+,46+,47+,49-,50-,52+,53+,54+,55+,56+/m1/s1. The lowest BCUT2D eigenvalue weighted by Crippen LogP contribution is -2.64. The molecule has 4 aromatic carbocycles. The summed E-state index contributed by atoms with van der Waals surface area (Å²) in [6, 6.07) is 15.5. The van der Waals surface area contributed by atoms with Crippen molar-refractivity contribution in [3.05, 3.63) is 113 Å². The predicted molar refractivity (Wildman–Crippen MR) is 349 cm³/mol. The Kier molecular flexibility index (Phi) is 24.7. The van der Waals surface area contributed by atoms with Crippen LogP contribution in [0.2, 0.25) is 5.02 Å². The maximum atomic E-state index is 14.7. The number of carbonyl (C=O) groups is 7. The van der Waals surface area contributed by atoms with Gasteiger partial charge in [0.1, 0.15) is 36.3 Å². The van der Waals surface area contributed by atoms with Gasteiger partial charge in [-0.2, -0.15) is 0 Å². The van der Waals surface area contributed by atoms with E-state index < -0.39 is 158 Å². The summed E-state index contributed by atoms with van der Waals surface area (Å²) in [6.45, 7) is 5.26. The highest BCUT2D eigenvalue weighted by Crippen LogP contribution is 2.39. The molecule has 0 unspecified atom stereocenters. The number of benzene rings is 4. The number of nitrogens with zero attached hydrogens (tertiary/aromatic N) is 5. The van der Waals surface area contributed by atoms with Gasteiger partial charge < -0.3 is 101 Å². The van der Waals surface area contributed by atoms with E-state index in [4.69, 9.17) is 31.5 Å². The van der Waals surface area contributed by atoms with Crippen LogP contribution in [0.15, 0.2) is 91.0 Å². The van der Waals surface area contributed by atoms with Gasteiger partial charge in [-0.1, -0.05) is 46.1 Å². The molecule has 5 aliphatic heterocycles. The first-order chi connectivity index (χ1) is 45.9. The number of carbonyl (C=O) groups excluding carboxylic acids is 7. The summed E-state index contributed by atoms with van der Waals surface area (Å²) in [7, 11) is 1.76. The molecule has 32 heteroatoms. The first-order valence-electron chi connectivity index (χ1n) is 31.7. The normalized spacial score (nSPS) is 26.7. The van der Waals surface area contributed by atoms with Crippen molar-refractivity contribution in [3.63, 3.8) is 0 Å². The van der Waals surface area contributed by atoms with Crippen LogP contribution in [0.3, 0.4) is 0 Å². The van der Waals surface area contributed by atoms with Crippen LogP contribution in [0.1, 0.15) is 67.4 Å². The fraction of sp³-hybridized carbons (Fsp3) is 0.516. The van der Waals surface area contributed by atoms with E-state index in [1.165, 1.54) is 19.1 Å². The summed E-state index contributed by atoms with van der Waals surface area (Å²) < 4.78 is 15.5. The van der Waals surface area contributed by atoms with Crippen LogP contribution in [0.5, 0.6) is 11.5 Å². The number of halogens is 1. The molecule has 13 atom stereocenters. The Bertz CT molecular complexity index is 3350. The second-order valence-electron chi connectivity index (χ2n) is 24.9. The fourth-order valence-electron chi connectivity index (χ4n) is 13.1. The van der Waals surface area contributed by atoms with Crippen molar-refractivity contribution >= 4 is 82.3 Å². The molecular formula is C64H84ClN11O19S. The molecule has 522 valence electrons. The van der Waals surface area contributed by atoms with Crippen LogP contribution < -0.4 is 51.2 Å². The molecule has 0 aromatic heterocycles. The van der Waals surface area contributed by atoms with Crippen molar-refractivity contribution in [2.75, 3.05) is 87.3 Å². The molecular weight excluding hydrogens is 1290 g/mol. The number of aromatic hydroxyl groups is 1. The fourth-order valence-corrected chi connectivity index (χ4v) is 13.5. The summed E-state index contributed by atoms with van der Waals surface area (Å²) in [5.74, 6) is -9.19. The van der Waals surface area contributed by atoms with Crippen LogP contribution in [0.25, 0.3) is 0 Å². The van der Waals surface area contributed by atoms with Gasteiger partial charge >= 0.3 is 0 Å². The van der Waals surface area contributed by atoms with E-state index in [-0.39, 0.29) is 54.3 Å². The van der Waals surface area contributed by atoms with Gasteiger partial charge in [0.15, 0.2) is 11.5 Å². The number of anilines is 3. The topological polar surface area (TPSA) is 421 Å². The number of nitrogens with one attached hydrogen (secondary N) is 5. The first kappa shape index (κ1) is 72.6. The van der Waals surface area contributed by atoms with Crippen LogP contribution in [-0.2, 0) is 54.9 Å². The maximum absolute atomic E-state index is 14.7. The third-order valence-corrected chi connectivity index (χ3v) is 19.2. The number of hydrogen-bond donors (Lipinski definition) is 14. The number of aliphatic hydroxyl groups excluding tert-OH is 6. The average molecular weight is 1380 g/mol. The van der Waals surface area contributed by atoms with Crippen molar-refractivity contribution in [3.8, 4) is 11.5 Å². The molecule has 5 heterocycles. The molecule has 7 amide bonds. The van der Waals surface area contributed by atoms with Gasteiger partial charge in [0.05, 0.1) is 42.2 Å². The molecule has 0 bridgehead atoms. The molecule has 0 aliphatic carbocycles. The number of rotatable bonds is 18. The zero-order valence-corrected chi connectivity index (χ0v) is 54.7. The lowest BCUT2D eigenvalue weighted by Gasteiger charge is -2.42. The van der Waals surface area contributed by atoms with Crippen molar-refractivity contribution in [1.82, 2.24) is 36.4 Å². The molecule has 96 heavy (non-hydrogen) atoms. The number of ether oxygens (including phenoxy) is 1. The molecule has 5 aliphatic rings. The predicted octanol–water partition coefficient (Wildman–Crippen LogP) is -0.825. The number of phenols is 1. The highest BCUT2D eigenvalue weighted by Gasteiger charge is 2.50. The number of nitrogens with two attached hydrogens (primary N) is 1. The molecule has 0 saturated carbocycles. The van der Waals surface area contributed by atoms with E-state index in [2.05, 4.69) is 74.9 Å². The minimum Gasteiger partial charge on any atom is -0.504 e. The second kappa shape index (κ2) is 32.6. The summed E-state index contributed by atoms with van der Waals surface area (Å²) >= 11 is 6.26. The van der Waals surface area contributed by atoms with E-state index in [0.29, 0.717) is 31.2 Å². The molecule has 0 spiro atoms. The van der Waals surface area contributed by atoms with Crippen molar-refractivity contribution in [2.24, 2.45) is 11.7 Å². The van der Waals surface area contributed by atoms with E-state index in [0.717, 1.165) is 71.3 Å². The highest BCUT2D eigenvalue weighted by atomic mass is 35.5. The lowest BCUT2D eigenvalue weighted by atomic mass is 9.84. The summed E-state index contributed by atoms with van der Waals surface area (Å²) in [6.07, 6.45) is -10.5. The number of piperidine rings is 1. The maximum Gasteiger partial charge on any atom is 0.261 e. The quantitative estimate of drug-likeness (QED) is 0.0250. The van der Waals surface area contributed by atoms with Gasteiger partial charge in [0.2, 0.25) is 35.4 Å². The number of piperazine rings is 1. The number of β-amino-alcohol motifs (C(OH)–C–C–N with tert-alkyl or cyclic N) is 1. The van der Waals surface area contributed by atoms with Gasteiger partial charge in [-0.15, -0.1) is 0 Å². The smallest absolute Gasteiger partial charge is 0.261 e. The van der Waals surface area contributed by atoms with Gasteiger partial charge in [-0.3, -0.25) is 33.6 Å². The molecule has 4 aromatic rings. The molecule has 0 radical (unpaired) electrons. The zero-order valence-electron chi connectivity index (χ0n) is 53.1. The molecule has 5 saturated heterocycles. The third kappa shape index (κ3) is 17.2. The van der Waals surface area contributed by atoms with E-state index >= 15 is 0 Å². The zero-order chi connectivity index (χ0) is 69.1. The Morgan fingerprint density at radius 2 is 1.30 bits per heavy atom.